The Morgan fingerprint density at radius 2 is 2.00 bits per heavy atom. The molecule has 1 amide bonds. The van der Waals surface area contributed by atoms with Crippen LogP contribution in [0.4, 0.5) is 0 Å². The number of para-hydroxylation sites is 1. The summed E-state index contributed by atoms with van der Waals surface area (Å²) in [5.41, 5.74) is 1.25. The number of aromatic nitrogens is 1. The van der Waals surface area contributed by atoms with Crippen LogP contribution in [0.25, 0.3) is 10.9 Å². The minimum absolute atomic E-state index is 0.157. The van der Waals surface area contributed by atoms with E-state index < -0.39 is 0 Å². The summed E-state index contributed by atoms with van der Waals surface area (Å²) in [7, 11) is 0. The maximum atomic E-state index is 11.8. The highest BCUT2D eigenvalue weighted by molar-refractivity contribution is 5.94. The first-order valence-corrected chi connectivity index (χ1v) is 6.06. The first kappa shape index (κ1) is 12.5. The largest absolute Gasteiger partial charge is 0.396 e. The Kier molecular flexibility index (Phi) is 4.25. The van der Waals surface area contributed by atoms with Gasteiger partial charge in [0.2, 0.25) is 0 Å². The molecule has 0 bridgehead atoms. The number of aliphatic hydroxyl groups excluding tert-OH is 1. The molecule has 0 radical (unpaired) electrons. The topological polar surface area (TPSA) is 62.2 Å². The summed E-state index contributed by atoms with van der Waals surface area (Å²) in [5, 5.41) is 12.5. The number of pyridine rings is 1. The van der Waals surface area contributed by atoms with Crippen LogP contribution in [0, 0.1) is 0 Å². The SMILES string of the molecule is O=C(NCCCCO)c1ccc2ccccc2n1. The Morgan fingerprint density at radius 1 is 1.17 bits per heavy atom. The van der Waals surface area contributed by atoms with Crippen molar-refractivity contribution in [1.29, 1.82) is 0 Å². The monoisotopic (exact) mass is 244 g/mol. The van der Waals surface area contributed by atoms with Gasteiger partial charge in [-0.15, -0.1) is 0 Å². The number of carbonyl (C=O) groups excluding carboxylic acids is 1. The average Bonchev–Trinajstić information content (AvgIpc) is 2.43. The molecule has 2 N–H and O–H groups in total. The normalized spacial score (nSPS) is 10.5. The van der Waals surface area contributed by atoms with Gasteiger partial charge in [-0.1, -0.05) is 24.3 Å². The van der Waals surface area contributed by atoms with Gasteiger partial charge in [-0.25, -0.2) is 4.98 Å². The minimum Gasteiger partial charge on any atom is -0.396 e. The molecule has 1 aromatic heterocycles. The van der Waals surface area contributed by atoms with Gasteiger partial charge in [0.15, 0.2) is 0 Å². The number of nitrogens with zero attached hydrogens (tertiary/aromatic N) is 1. The van der Waals surface area contributed by atoms with Crippen LogP contribution >= 0.6 is 0 Å². The summed E-state index contributed by atoms with van der Waals surface area (Å²) in [6, 6.07) is 11.3. The molecule has 94 valence electrons. The molecule has 0 unspecified atom stereocenters. The van der Waals surface area contributed by atoms with Crippen LogP contribution in [-0.4, -0.2) is 29.1 Å². The molecule has 0 fully saturated rings. The van der Waals surface area contributed by atoms with Crippen LogP contribution in [0.2, 0.25) is 0 Å². The van der Waals surface area contributed by atoms with Gasteiger partial charge in [-0.05, 0) is 25.0 Å². The lowest BCUT2D eigenvalue weighted by Gasteiger charge is -2.05. The molecule has 4 heteroatoms. The van der Waals surface area contributed by atoms with E-state index in [9.17, 15) is 4.79 Å². The predicted octanol–water partition coefficient (Wildman–Crippen LogP) is 1.74. The number of benzene rings is 1. The fourth-order valence-electron chi connectivity index (χ4n) is 1.72. The van der Waals surface area contributed by atoms with Crippen LogP contribution in [0.5, 0.6) is 0 Å². The standard InChI is InChI=1S/C14H16N2O2/c17-10-4-3-9-15-14(18)13-8-7-11-5-1-2-6-12(11)16-13/h1-2,5-8,17H,3-4,9-10H2,(H,15,18). The Hall–Kier alpha value is -1.94. The second-order valence-electron chi connectivity index (χ2n) is 4.08. The molecule has 2 rings (SSSR count). The summed E-state index contributed by atoms with van der Waals surface area (Å²) in [6.07, 6.45) is 1.47. The zero-order valence-corrected chi connectivity index (χ0v) is 10.1. The maximum absolute atomic E-state index is 11.8. The molecule has 1 heterocycles. The number of carbonyl (C=O) groups is 1. The Labute approximate surface area is 106 Å². The lowest BCUT2D eigenvalue weighted by Crippen LogP contribution is -2.25. The van der Waals surface area contributed by atoms with E-state index in [1.165, 1.54) is 0 Å². The van der Waals surface area contributed by atoms with Crippen molar-refractivity contribution < 1.29 is 9.90 Å². The summed E-state index contributed by atoms with van der Waals surface area (Å²) < 4.78 is 0. The number of amides is 1. The van der Waals surface area contributed by atoms with Crippen molar-refractivity contribution in [3.63, 3.8) is 0 Å². The molecule has 0 aliphatic carbocycles. The molecule has 1 aromatic carbocycles. The number of rotatable bonds is 5. The summed E-state index contributed by atoms with van der Waals surface area (Å²) >= 11 is 0. The number of unbranched alkanes of at least 4 members (excludes halogenated alkanes) is 1. The third-order valence-electron chi connectivity index (χ3n) is 2.70. The van der Waals surface area contributed by atoms with E-state index in [4.69, 9.17) is 5.11 Å². The number of hydrogen-bond acceptors (Lipinski definition) is 3. The zero-order chi connectivity index (χ0) is 12.8. The molecule has 2 aromatic rings. The van der Waals surface area contributed by atoms with Gasteiger partial charge in [-0.3, -0.25) is 4.79 Å². The lowest BCUT2D eigenvalue weighted by molar-refractivity contribution is 0.0947. The van der Waals surface area contributed by atoms with Crippen molar-refractivity contribution in [2.24, 2.45) is 0 Å². The predicted molar refractivity (Wildman–Crippen MR) is 70.4 cm³/mol. The highest BCUT2D eigenvalue weighted by Crippen LogP contribution is 2.11. The molecule has 0 saturated carbocycles. The average molecular weight is 244 g/mol. The summed E-state index contributed by atoms with van der Waals surface area (Å²) in [4.78, 5) is 16.1. The molecule has 0 saturated heterocycles. The minimum atomic E-state index is -0.168. The van der Waals surface area contributed by atoms with E-state index in [0.29, 0.717) is 18.7 Å². The van der Waals surface area contributed by atoms with E-state index in [1.807, 2.05) is 30.3 Å². The first-order chi connectivity index (χ1) is 8.81. The van der Waals surface area contributed by atoms with E-state index >= 15 is 0 Å². The lowest BCUT2D eigenvalue weighted by atomic mass is 10.2. The highest BCUT2D eigenvalue weighted by Gasteiger charge is 2.06. The Bertz CT molecular complexity index is 540. The first-order valence-electron chi connectivity index (χ1n) is 6.06. The van der Waals surface area contributed by atoms with Crippen molar-refractivity contribution in [3.8, 4) is 0 Å². The molecule has 0 spiro atoms. The van der Waals surface area contributed by atoms with Crippen LogP contribution in [-0.2, 0) is 0 Å². The molecule has 0 atom stereocenters. The summed E-state index contributed by atoms with van der Waals surface area (Å²) in [5.74, 6) is -0.168. The number of nitrogens with one attached hydrogen (secondary N) is 1. The highest BCUT2D eigenvalue weighted by atomic mass is 16.2. The molecule has 4 nitrogen and oxygen atoms in total. The van der Waals surface area contributed by atoms with Crippen molar-refractivity contribution in [3.05, 3.63) is 42.1 Å². The summed E-state index contributed by atoms with van der Waals surface area (Å²) in [6.45, 7) is 0.720. The van der Waals surface area contributed by atoms with Gasteiger partial charge in [-0.2, -0.15) is 0 Å². The van der Waals surface area contributed by atoms with Gasteiger partial charge < -0.3 is 10.4 Å². The van der Waals surface area contributed by atoms with E-state index in [2.05, 4.69) is 10.3 Å². The number of fused-ring (bicyclic) bond motifs is 1. The van der Waals surface area contributed by atoms with Gasteiger partial charge in [0.25, 0.3) is 5.91 Å². The van der Waals surface area contributed by atoms with Crippen molar-refractivity contribution in [1.82, 2.24) is 10.3 Å². The van der Waals surface area contributed by atoms with Crippen molar-refractivity contribution in [2.75, 3.05) is 13.2 Å². The van der Waals surface area contributed by atoms with Crippen LogP contribution in [0.3, 0.4) is 0 Å². The third kappa shape index (κ3) is 3.05. The number of aliphatic hydroxyl groups is 1. The fraction of sp³-hybridized carbons (Fsp3) is 0.286. The quantitative estimate of drug-likeness (QED) is 0.787. The van der Waals surface area contributed by atoms with Crippen molar-refractivity contribution in [2.45, 2.75) is 12.8 Å². The Balaban J connectivity index is 2.04. The number of hydrogen-bond donors (Lipinski definition) is 2. The van der Waals surface area contributed by atoms with Crippen LogP contribution in [0.15, 0.2) is 36.4 Å². The van der Waals surface area contributed by atoms with Crippen LogP contribution < -0.4 is 5.32 Å². The van der Waals surface area contributed by atoms with Crippen LogP contribution in [0.1, 0.15) is 23.3 Å². The second kappa shape index (κ2) is 6.12. The molecule has 0 aliphatic rings. The molecular weight excluding hydrogens is 228 g/mol. The molecule has 18 heavy (non-hydrogen) atoms. The zero-order valence-electron chi connectivity index (χ0n) is 10.1. The molecule has 0 aliphatic heterocycles. The van der Waals surface area contributed by atoms with Gasteiger partial charge in [0, 0.05) is 18.5 Å². The smallest absolute Gasteiger partial charge is 0.269 e. The van der Waals surface area contributed by atoms with Gasteiger partial charge >= 0.3 is 0 Å². The molecular formula is C14H16N2O2. The van der Waals surface area contributed by atoms with E-state index in [1.54, 1.807) is 6.07 Å². The third-order valence-corrected chi connectivity index (χ3v) is 2.70. The van der Waals surface area contributed by atoms with Gasteiger partial charge in [0.1, 0.15) is 5.69 Å². The van der Waals surface area contributed by atoms with E-state index in [0.717, 1.165) is 17.3 Å². The van der Waals surface area contributed by atoms with Crippen molar-refractivity contribution >= 4 is 16.8 Å². The van der Waals surface area contributed by atoms with Gasteiger partial charge in [0.05, 0.1) is 5.52 Å². The Morgan fingerprint density at radius 3 is 2.83 bits per heavy atom. The second-order valence-corrected chi connectivity index (χ2v) is 4.08. The maximum Gasteiger partial charge on any atom is 0.269 e. The van der Waals surface area contributed by atoms with E-state index in [-0.39, 0.29) is 12.5 Å². The fourth-order valence-corrected chi connectivity index (χ4v) is 1.72.